The van der Waals surface area contributed by atoms with E-state index in [1.807, 2.05) is 39.0 Å². The summed E-state index contributed by atoms with van der Waals surface area (Å²) in [7, 11) is 1.33. The van der Waals surface area contributed by atoms with E-state index in [1.165, 1.54) is 18.9 Å². The summed E-state index contributed by atoms with van der Waals surface area (Å²) in [5, 5.41) is 0. The van der Waals surface area contributed by atoms with Crippen molar-refractivity contribution in [3.05, 3.63) is 24.0 Å². The number of benzene rings is 1. The van der Waals surface area contributed by atoms with Gasteiger partial charge in [-0.1, -0.05) is 20.8 Å². The maximum atomic E-state index is 12.3. The van der Waals surface area contributed by atoms with Crippen molar-refractivity contribution in [3.63, 3.8) is 0 Å². The minimum atomic E-state index is -4.65. The first kappa shape index (κ1) is 21.6. The lowest BCUT2D eigenvalue weighted by Gasteiger charge is -2.19. The lowest BCUT2D eigenvalue weighted by atomic mass is 9.92. The maximum absolute atomic E-state index is 12.3. The van der Waals surface area contributed by atoms with Gasteiger partial charge >= 0.3 is 12.3 Å². The van der Waals surface area contributed by atoms with E-state index >= 15 is 0 Å². The fourth-order valence-corrected chi connectivity index (χ4v) is 3.32. The number of carbonyl (C=O) groups is 1. The van der Waals surface area contributed by atoms with Crippen LogP contribution in [0, 0.1) is 5.41 Å². The molecule has 0 aliphatic rings. The molecule has 0 aliphatic heterocycles. The molecule has 0 saturated heterocycles. The van der Waals surface area contributed by atoms with E-state index in [0.29, 0.717) is 17.8 Å². The van der Waals surface area contributed by atoms with Crippen LogP contribution >= 0.6 is 11.8 Å². The molecule has 5 nitrogen and oxygen atoms in total. The van der Waals surface area contributed by atoms with Crippen LogP contribution in [0.5, 0.6) is 0 Å². The number of esters is 1. The van der Waals surface area contributed by atoms with Gasteiger partial charge in [-0.25, -0.2) is 4.98 Å². The highest BCUT2D eigenvalue weighted by molar-refractivity contribution is 8.00. The third-order valence-corrected chi connectivity index (χ3v) is 4.62. The Morgan fingerprint density at radius 3 is 2.56 bits per heavy atom. The molecule has 1 heterocycles. The summed E-state index contributed by atoms with van der Waals surface area (Å²) in [5.74, 6) is 0.554. The first-order valence-electron chi connectivity index (χ1n) is 8.38. The van der Waals surface area contributed by atoms with Crippen LogP contribution in [0.15, 0.2) is 23.1 Å². The molecule has 0 unspecified atom stereocenters. The molecule has 0 saturated carbocycles. The summed E-state index contributed by atoms with van der Waals surface area (Å²) in [6, 6.07) is 5.46. The van der Waals surface area contributed by atoms with Gasteiger partial charge in [0.05, 0.1) is 30.5 Å². The summed E-state index contributed by atoms with van der Waals surface area (Å²) in [6.45, 7) is 5.70. The Morgan fingerprint density at radius 2 is 1.96 bits per heavy atom. The Bertz CT molecular complexity index is 797. The van der Waals surface area contributed by atoms with Gasteiger partial charge in [-0.2, -0.15) is 0 Å². The van der Waals surface area contributed by atoms with Crippen LogP contribution < -0.4 is 0 Å². The number of carbonyl (C=O) groups excluding carboxylic acids is 1. The van der Waals surface area contributed by atoms with Crippen LogP contribution in [0.2, 0.25) is 0 Å². The van der Waals surface area contributed by atoms with Gasteiger partial charge in [0.15, 0.2) is 0 Å². The molecule has 27 heavy (non-hydrogen) atoms. The van der Waals surface area contributed by atoms with Crippen molar-refractivity contribution in [1.29, 1.82) is 0 Å². The summed E-state index contributed by atoms with van der Waals surface area (Å²) in [4.78, 5) is 16.8. The van der Waals surface area contributed by atoms with Crippen LogP contribution in [0.25, 0.3) is 11.0 Å². The zero-order valence-electron chi connectivity index (χ0n) is 15.7. The van der Waals surface area contributed by atoms with Gasteiger partial charge in [-0.15, -0.1) is 24.9 Å². The van der Waals surface area contributed by atoms with Gasteiger partial charge in [0.1, 0.15) is 5.82 Å². The molecule has 0 amide bonds. The van der Waals surface area contributed by atoms with Crippen LogP contribution in [-0.4, -0.2) is 41.4 Å². The fraction of sp³-hybridized carbons (Fsp3) is 0.556. The number of alkyl halides is 3. The predicted molar refractivity (Wildman–Crippen MR) is 97.6 cm³/mol. The molecule has 9 heteroatoms. The summed E-state index contributed by atoms with van der Waals surface area (Å²) in [5.41, 5.74) is 1.34. The molecule has 0 radical (unpaired) electrons. The van der Waals surface area contributed by atoms with Crippen molar-refractivity contribution in [2.75, 3.05) is 19.5 Å². The Morgan fingerprint density at radius 1 is 1.26 bits per heavy atom. The molecule has 0 aliphatic carbocycles. The highest BCUT2D eigenvalue weighted by Crippen LogP contribution is 2.28. The Balaban J connectivity index is 2.29. The van der Waals surface area contributed by atoms with Crippen molar-refractivity contribution < 1.29 is 27.4 Å². The molecule has 0 fully saturated rings. The van der Waals surface area contributed by atoms with E-state index < -0.39 is 13.0 Å². The largest absolute Gasteiger partial charge is 0.522 e. The monoisotopic (exact) mass is 404 g/mol. The molecule has 150 valence electrons. The van der Waals surface area contributed by atoms with Gasteiger partial charge < -0.3 is 9.30 Å². The molecule has 0 N–H and O–H groups in total. The molecule has 2 rings (SSSR count). The quantitative estimate of drug-likeness (QED) is 0.505. The molecule has 2 aromatic rings. The number of hydrogen-bond acceptors (Lipinski definition) is 5. The van der Waals surface area contributed by atoms with E-state index in [9.17, 15) is 18.0 Å². The number of rotatable bonds is 7. The van der Waals surface area contributed by atoms with Gasteiger partial charge in [-0.3, -0.25) is 9.53 Å². The number of aromatic nitrogens is 2. The number of imidazole rings is 1. The van der Waals surface area contributed by atoms with Gasteiger partial charge in [0, 0.05) is 17.9 Å². The number of methoxy groups -OCH3 is 1. The second-order valence-corrected chi connectivity index (χ2v) is 8.28. The minimum Gasteiger partial charge on any atom is -0.468 e. The summed E-state index contributed by atoms with van der Waals surface area (Å²) in [6.07, 6.45) is -4.05. The van der Waals surface area contributed by atoms with E-state index in [0.717, 1.165) is 10.4 Å². The number of thioether (sulfide) groups is 1. The fourth-order valence-electron chi connectivity index (χ4n) is 2.56. The first-order chi connectivity index (χ1) is 12.5. The Kier molecular flexibility index (Phi) is 6.80. The summed E-state index contributed by atoms with van der Waals surface area (Å²) >= 11 is 1.32. The van der Waals surface area contributed by atoms with E-state index in [1.54, 1.807) is 4.57 Å². The average Bonchev–Trinajstić information content (AvgIpc) is 2.86. The highest BCUT2D eigenvalue weighted by Gasteiger charge is 2.29. The van der Waals surface area contributed by atoms with Crippen molar-refractivity contribution in [2.24, 2.45) is 5.41 Å². The number of fused-ring (bicyclic) bond motifs is 1. The molecule has 1 aromatic heterocycles. The summed E-state index contributed by atoms with van der Waals surface area (Å²) < 4.78 is 47.3. The van der Waals surface area contributed by atoms with E-state index in [-0.39, 0.29) is 23.7 Å². The number of hydrogen-bond donors (Lipinski definition) is 0. The average molecular weight is 404 g/mol. The zero-order chi connectivity index (χ0) is 20.2. The second-order valence-electron chi connectivity index (χ2n) is 7.23. The van der Waals surface area contributed by atoms with Crippen LogP contribution in [-0.2, 0) is 27.2 Å². The number of ether oxygens (including phenoxy) is 2. The van der Waals surface area contributed by atoms with Crippen LogP contribution in [0.3, 0.4) is 0 Å². The third kappa shape index (κ3) is 6.73. The lowest BCUT2D eigenvalue weighted by molar-refractivity contribution is -0.325. The van der Waals surface area contributed by atoms with E-state index in [2.05, 4.69) is 14.5 Å². The smallest absolute Gasteiger partial charge is 0.468 e. The Hall–Kier alpha value is -1.74. The van der Waals surface area contributed by atoms with Crippen molar-refractivity contribution in [3.8, 4) is 0 Å². The zero-order valence-corrected chi connectivity index (χ0v) is 16.5. The van der Waals surface area contributed by atoms with Crippen molar-refractivity contribution >= 4 is 28.8 Å². The lowest BCUT2D eigenvalue weighted by Crippen LogP contribution is -2.20. The van der Waals surface area contributed by atoms with Crippen LogP contribution in [0.4, 0.5) is 13.2 Å². The molecule has 0 spiro atoms. The molecular formula is C18H23F3N2O3S. The highest BCUT2D eigenvalue weighted by atomic mass is 32.2. The normalized spacial score (nSPS) is 12.6. The van der Waals surface area contributed by atoms with Gasteiger partial charge in [0.2, 0.25) is 0 Å². The third-order valence-electron chi connectivity index (χ3n) is 3.65. The molecule has 0 atom stereocenters. The van der Waals surface area contributed by atoms with Crippen molar-refractivity contribution in [2.45, 2.75) is 45.0 Å². The minimum absolute atomic E-state index is 0.0517. The molecular weight excluding hydrogens is 381 g/mol. The second kappa shape index (κ2) is 8.52. The maximum Gasteiger partial charge on any atom is 0.522 e. The SMILES string of the molecule is COC(=O)CSc1ccc2c(c1)nc(CC(C)(C)C)n2CCOC(F)(F)F. The number of nitrogens with zero attached hydrogens (tertiary/aromatic N) is 2. The van der Waals surface area contributed by atoms with Gasteiger partial charge in [0.25, 0.3) is 0 Å². The van der Waals surface area contributed by atoms with Gasteiger partial charge in [-0.05, 0) is 23.6 Å². The van der Waals surface area contributed by atoms with E-state index in [4.69, 9.17) is 0 Å². The van der Waals surface area contributed by atoms with Crippen molar-refractivity contribution in [1.82, 2.24) is 9.55 Å². The first-order valence-corrected chi connectivity index (χ1v) is 9.36. The van der Waals surface area contributed by atoms with Crippen LogP contribution in [0.1, 0.15) is 26.6 Å². The standard InChI is InChI=1S/C18H23F3N2O3S/c1-17(2,3)10-15-22-13-9-12(27-11-16(24)25-4)5-6-14(13)23(15)7-8-26-18(19,20)21/h5-6,9H,7-8,10-11H2,1-4H3. The Labute approximate surface area is 160 Å². The predicted octanol–water partition coefficient (Wildman–Crippen LogP) is 4.43. The number of halogens is 3. The molecule has 1 aromatic carbocycles. The molecule has 0 bridgehead atoms. The topological polar surface area (TPSA) is 53.3 Å².